The van der Waals surface area contributed by atoms with Crippen LogP contribution in [-0.4, -0.2) is 35.1 Å². The van der Waals surface area contributed by atoms with E-state index in [9.17, 15) is 9.18 Å². The van der Waals surface area contributed by atoms with Crippen LogP contribution in [0, 0.1) is 0 Å². The SMILES string of the molecule is O=CN1CCCCC1C1CCCc2c1c1ccccc1n2CC[18F]. The lowest BCUT2D eigenvalue weighted by Crippen LogP contribution is -2.43. The summed E-state index contributed by atoms with van der Waals surface area (Å²) in [4.78, 5) is 13.6. The van der Waals surface area contributed by atoms with Crippen molar-refractivity contribution in [1.82, 2.24) is 9.47 Å². The summed E-state index contributed by atoms with van der Waals surface area (Å²) < 4.78 is 15.3. The predicted octanol–water partition coefficient (Wildman–Crippen LogP) is 4.04. The molecule has 0 spiro atoms. The minimum atomic E-state index is -0.334. The summed E-state index contributed by atoms with van der Waals surface area (Å²) in [5.74, 6) is 0.394. The minimum absolute atomic E-state index is 0.305. The number of fused-ring (bicyclic) bond motifs is 3. The number of rotatable bonds is 4. The molecule has 2 unspecified atom stereocenters. The number of amides is 1. The maximum atomic E-state index is 13.1. The number of halogens is 1. The number of likely N-dealkylation sites (tertiary alicyclic amines) is 1. The van der Waals surface area contributed by atoms with Gasteiger partial charge in [0.05, 0.1) is 6.54 Å². The molecule has 128 valence electrons. The third kappa shape index (κ3) is 2.43. The fourth-order valence-corrected chi connectivity index (χ4v) is 4.97. The van der Waals surface area contributed by atoms with E-state index in [2.05, 4.69) is 22.8 Å². The van der Waals surface area contributed by atoms with E-state index in [1.807, 2.05) is 11.0 Å². The number of alkyl halides is 1. The molecule has 4 rings (SSSR count). The monoisotopic (exact) mass is 327 g/mol. The van der Waals surface area contributed by atoms with E-state index >= 15 is 0 Å². The highest BCUT2D eigenvalue weighted by atomic mass is 18.2. The molecule has 1 aliphatic heterocycles. The molecule has 1 aromatic carbocycles. The number of benzene rings is 1. The lowest BCUT2D eigenvalue weighted by molar-refractivity contribution is -0.122. The van der Waals surface area contributed by atoms with Crippen LogP contribution in [0.2, 0.25) is 0 Å². The maximum Gasteiger partial charge on any atom is 0.209 e. The summed E-state index contributed by atoms with van der Waals surface area (Å²) in [6, 6.07) is 8.70. The zero-order valence-corrected chi connectivity index (χ0v) is 14.1. The van der Waals surface area contributed by atoms with Gasteiger partial charge in [-0.15, -0.1) is 0 Å². The van der Waals surface area contributed by atoms with Gasteiger partial charge in [-0.2, -0.15) is 0 Å². The molecule has 2 aliphatic rings. The second-order valence-corrected chi connectivity index (χ2v) is 7.12. The average Bonchev–Trinajstić information content (AvgIpc) is 2.96. The number of carbonyl (C=O) groups excluding carboxylic acids is 1. The van der Waals surface area contributed by atoms with Crippen LogP contribution in [0.4, 0.5) is 4.39 Å². The molecule has 0 N–H and O–H groups in total. The van der Waals surface area contributed by atoms with Gasteiger partial charge in [0.2, 0.25) is 6.41 Å². The Balaban J connectivity index is 1.85. The minimum Gasteiger partial charge on any atom is -0.342 e. The first-order chi connectivity index (χ1) is 11.8. The number of aryl methyl sites for hydroxylation is 1. The molecular formula is C20H25FN2O. The van der Waals surface area contributed by atoms with Gasteiger partial charge in [0.15, 0.2) is 0 Å². The molecule has 24 heavy (non-hydrogen) atoms. The summed E-state index contributed by atoms with van der Waals surface area (Å²) in [6.45, 7) is 0.980. The zero-order valence-electron chi connectivity index (χ0n) is 14.1. The Bertz CT molecular complexity index is 739. The van der Waals surface area contributed by atoms with Crippen molar-refractivity contribution in [3.05, 3.63) is 35.5 Å². The predicted molar refractivity (Wildman–Crippen MR) is 94.0 cm³/mol. The Kier molecular flexibility index (Phi) is 4.30. The molecule has 1 amide bonds. The number of nitrogens with zero attached hydrogens (tertiary/aromatic N) is 2. The van der Waals surface area contributed by atoms with Crippen molar-refractivity contribution < 1.29 is 9.18 Å². The van der Waals surface area contributed by atoms with Crippen molar-refractivity contribution in [2.75, 3.05) is 13.2 Å². The second kappa shape index (κ2) is 6.58. The largest absolute Gasteiger partial charge is 0.342 e. The molecule has 2 heterocycles. The van der Waals surface area contributed by atoms with Gasteiger partial charge in [0.25, 0.3) is 0 Å². The summed E-state index contributed by atoms with van der Waals surface area (Å²) in [5.41, 5.74) is 3.85. The number of carbonyl (C=O) groups is 1. The van der Waals surface area contributed by atoms with E-state index < -0.39 is 0 Å². The van der Waals surface area contributed by atoms with Crippen LogP contribution in [-0.2, 0) is 17.8 Å². The quantitative estimate of drug-likeness (QED) is 0.778. The van der Waals surface area contributed by atoms with Crippen LogP contribution >= 0.6 is 0 Å². The van der Waals surface area contributed by atoms with Crippen molar-refractivity contribution in [3.8, 4) is 0 Å². The molecule has 3 nitrogen and oxygen atoms in total. The van der Waals surface area contributed by atoms with Crippen LogP contribution in [0.3, 0.4) is 0 Å². The number of para-hydroxylation sites is 1. The number of piperidine rings is 1. The van der Waals surface area contributed by atoms with E-state index in [4.69, 9.17) is 0 Å². The first-order valence-electron chi connectivity index (χ1n) is 9.22. The van der Waals surface area contributed by atoms with Crippen molar-refractivity contribution in [3.63, 3.8) is 0 Å². The molecular weight excluding hydrogens is 302 g/mol. The van der Waals surface area contributed by atoms with E-state index in [1.165, 1.54) is 23.1 Å². The average molecular weight is 327 g/mol. The Morgan fingerprint density at radius 3 is 2.88 bits per heavy atom. The molecule has 1 aromatic heterocycles. The molecule has 1 aliphatic carbocycles. The molecule has 4 heteroatoms. The third-order valence-electron chi connectivity index (χ3n) is 5.92. The summed E-state index contributed by atoms with van der Waals surface area (Å²) in [5, 5.41) is 1.27. The Labute approximate surface area is 142 Å². The highest BCUT2D eigenvalue weighted by Crippen LogP contribution is 2.43. The van der Waals surface area contributed by atoms with Gasteiger partial charge in [0.1, 0.15) is 6.67 Å². The van der Waals surface area contributed by atoms with Crippen LogP contribution in [0.1, 0.15) is 49.3 Å². The van der Waals surface area contributed by atoms with Crippen molar-refractivity contribution in [1.29, 1.82) is 0 Å². The Morgan fingerprint density at radius 1 is 1.17 bits per heavy atom. The molecule has 1 fully saturated rings. The first kappa shape index (κ1) is 15.7. The van der Waals surface area contributed by atoms with Gasteiger partial charge in [-0.1, -0.05) is 18.2 Å². The van der Waals surface area contributed by atoms with Crippen LogP contribution < -0.4 is 0 Å². The van der Waals surface area contributed by atoms with Gasteiger partial charge in [0, 0.05) is 35.1 Å². The molecule has 2 atom stereocenters. The molecule has 0 radical (unpaired) electrons. The zero-order chi connectivity index (χ0) is 16.5. The summed E-state index contributed by atoms with van der Waals surface area (Å²) in [7, 11) is 0. The smallest absolute Gasteiger partial charge is 0.209 e. The van der Waals surface area contributed by atoms with Crippen LogP contribution in [0.15, 0.2) is 24.3 Å². The van der Waals surface area contributed by atoms with E-state index in [1.54, 1.807) is 0 Å². The molecule has 1 saturated heterocycles. The van der Waals surface area contributed by atoms with Gasteiger partial charge < -0.3 is 9.47 Å². The lowest BCUT2D eigenvalue weighted by atomic mass is 9.77. The molecule has 2 aromatic rings. The first-order valence-corrected chi connectivity index (χ1v) is 9.22. The molecule has 0 saturated carbocycles. The highest BCUT2D eigenvalue weighted by molar-refractivity contribution is 5.86. The van der Waals surface area contributed by atoms with Crippen LogP contribution in [0.25, 0.3) is 10.9 Å². The van der Waals surface area contributed by atoms with E-state index in [0.717, 1.165) is 50.6 Å². The van der Waals surface area contributed by atoms with Crippen LogP contribution in [0.5, 0.6) is 0 Å². The van der Waals surface area contributed by atoms with Gasteiger partial charge in [-0.25, -0.2) is 4.39 Å². The topological polar surface area (TPSA) is 25.2 Å². The maximum absolute atomic E-state index is 13.1. The highest BCUT2D eigenvalue weighted by Gasteiger charge is 2.36. The third-order valence-corrected chi connectivity index (χ3v) is 5.92. The Hall–Kier alpha value is -1.84. The Morgan fingerprint density at radius 2 is 2.04 bits per heavy atom. The number of aromatic nitrogens is 1. The fraction of sp³-hybridized carbons (Fsp3) is 0.550. The number of hydrogen-bond acceptors (Lipinski definition) is 1. The lowest BCUT2D eigenvalue weighted by Gasteiger charge is -2.40. The second-order valence-electron chi connectivity index (χ2n) is 7.12. The van der Waals surface area contributed by atoms with Crippen molar-refractivity contribution >= 4 is 17.3 Å². The van der Waals surface area contributed by atoms with Crippen molar-refractivity contribution in [2.45, 2.75) is 57.0 Å². The van der Waals surface area contributed by atoms with Gasteiger partial charge in [-0.3, -0.25) is 4.79 Å². The number of hydrogen-bond donors (Lipinski definition) is 0. The van der Waals surface area contributed by atoms with E-state index in [0.29, 0.717) is 18.5 Å². The fourth-order valence-electron chi connectivity index (χ4n) is 4.97. The summed E-state index contributed by atoms with van der Waals surface area (Å²) >= 11 is 0. The van der Waals surface area contributed by atoms with E-state index in [-0.39, 0.29) is 6.67 Å². The normalized spacial score (nSPS) is 24.1. The van der Waals surface area contributed by atoms with Gasteiger partial charge in [-0.05, 0) is 50.2 Å². The van der Waals surface area contributed by atoms with Gasteiger partial charge >= 0.3 is 0 Å². The molecule has 0 bridgehead atoms. The van der Waals surface area contributed by atoms with Crippen molar-refractivity contribution in [2.24, 2.45) is 0 Å². The summed E-state index contributed by atoms with van der Waals surface area (Å²) in [6.07, 6.45) is 7.72. The standard InChI is InChI=1S/C20H25FN2O/c21-11-13-23-18-9-2-1-6-16(18)20-15(7-5-10-19(20)23)17-8-3-4-12-22(17)14-24/h1-2,6,9,14-15,17H,3-5,7-8,10-13H2/i21-1.